The molecule has 4 rings (SSSR count). The molecule has 1 amide bonds. The fourth-order valence-corrected chi connectivity index (χ4v) is 3.68. The lowest BCUT2D eigenvalue weighted by molar-refractivity contribution is -0.192. The smallest absolute Gasteiger partial charge is 0.475 e. The zero-order valence-corrected chi connectivity index (χ0v) is 17.4. The number of likely N-dealkylation sites (tertiary alicyclic amines) is 1. The van der Waals surface area contributed by atoms with Crippen LogP contribution in [-0.4, -0.2) is 69.0 Å². The number of aryl methyl sites for hydroxylation is 1. The highest BCUT2D eigenvalue weighted by molar-refractivity contribution is 5.93. The second-order valence-corrected chi connectivity index (χ2v) is 7.79. The van der Waals surface area contributed by atoms with Gasteiger partial charge in [0.15, 0.2) is 0 Å². The van der Waals surface area contributed by atoms with Gasteiger partial charge in [0.05, 0.1) is 25.8 Å². The zero-order chi connectivity index (χ0) is 23.4. The van der Waals surface area contributed by atoms with Crippen molar-refractivity contribution in [2.24, 2.45) is 7.05 Å². The molecule has 32 heavy (non-hydrogen) atoms. The summed E-state index contributed by atoms with van der Waals surface area (Å²) in [6, 6.07) is 7.69. The highest BCUT2D eigenvalue weighted by Crippen LogP contribution is 2.36. The van der Waals surface area contributed by atoms with E-state index in [0.717, 1.165) is 24.1 Å². The number of rotatable bonds is 4. The monoisotopic (exact) mass is 455 g/mol. The van der Waals surface area contributed by atoms with E-state index in [1.165, 1.54) is 0 Å². The van der Waals surface area contributed by atoms with Crippen LogP contribution < -0.4 is 0 Å². The van der Waals surface area contributed by atoms with Crippen molar-refractivity contribution in [2.45, 2.75) is 37.3 Å². The predicted molar refractivity (Wildman–Crippen MR) is 106 cm³/mol. The fourth-order valence-electron chi connectivity index (χ4n) is 3.68. The molecule has 2 aliphatic rings. The van der Waals surface area contributed by atoms with Gasteiger partial charge < -0.3 is 24.0 Å². The van der Waals surface area contributed by atoms with Crippen LogP contribution in [0.5, 0.6) is 0 Å². The Kier molecular flexibility index (Phi) is 7.19. The van der Waals surface area contributed by atoms with Gasteiger partial charge >= 0.3 is 12.1 Å². The van der Waals surface area contributed by atoms with Crippen molar-refractivity contribution in [1.82, 2.24) is 14.5 Å². The fraction of sp³-hybridized carbons (Fsp3) is 0.476. The van der Waals surface area contributed by atoms with Crippen LogP contribution in [0.15, 0.2) is 42.9 Å². The Balaban J connectivity index is 0.000000360. The van der Waals surface area contributed by atoms with Crippen LogP contribution in [0.25, 0.3) is 0 Å². The molecule has 2 fully saturated rings. The van der Waals surface area contributed by atoms with Crippen LogP contribution in [0.2, 0.25) is 0 Å². The second-order valence-electron chi connectivity index (χ2n) is 7.79. The van der Waals surface area contributed by atoms with Crippen LogP contribution >= 0.6 is 0 Å². The molecule has 1 spiro atoms. The minimum atomic E-state index is -5.08. The van der Waals surface area contributed by atoms with Crippen molar-refractivity contribution in [1.29, 1.82) is 0 Å². The number of pyridine rings is 1. The molecule has 1 unspecified atom stereocenters. The van der Waals surface area contributed by atoms with Crippen molar-refractivity contribution >= 4 is 11.9 Å². The van der Waals surface area contributed by atoms with Crippen molar-refractivity contribution in [3.63, 3.8) is 0 Å². The molecule has 2 aromatic heterocycles. The Hall–Kier alpha value is -2.92. The van der Waals surface area contributed by atoms with Crippen molar-refractivity contribution in [3.8, 4) is 0 Å². The molecule has 4 heterocycles. The first-order valence-electron chi connectivity index (χ1n) is 9.95. The summed E-state index contributed by atoms with van der Waals surface area (Å²) >= 11 is 0. The number of carboxylic acid groups (broad SMARTS) is 1. The molecule has 0 saturated carbocycles. The van der Waals surface area contributed by atoms with E-state index in [1.807, 2.05) is 53.2 Å². The zero-order valence-electron chi connectivity index (χ0n) is 17.4. The van der Waals surface area contributed by atoms with Crippen molar-refractivity contribution in [2.75, 3.05) is 19.7 Å². The van der Waals surface area contributed by atoms with Gasteiger partial charge in [0.2, 0.25) is 0 Å². The first-order valence-corrected chi connectivity index (χ1v) is 9.95. The number of nitrogens with zero attached hydrogens (tertiary/aromatic N) is 3. The third-order valence-electron chi connectivity index (χ3n) is 5.31. The van der Waals surface area contributed by atoms with Crippen LogP contribution in [0.4, 0.5) is 13.2 Å². The topological polar surface area (TPSA) is 93.9 Å². The molecule has 2 aromatic rings. The van der Waals surface area contributed by atoms with E-state index < -0.39 is 12.1 Å². The van der Waals surface area contributed by atoms with Gasteiger partial charge in [-0.05, 0) is 30.2 Å². The van der Waals surface area contributed by atoms with E-state index in [1.54, 1.807) is 6.20 Å². The maximum atomic E-state index is 12.5. The molecule has 0 bridgehead atoms. The Morgan fingerprint density at radius 2 is 2.03 bits per heavy atom. The first kappa shape index (κ1) is 23.7. The van der Waals surface area contributed by atoms with Crippen molar-refractivity contribution in [3.05, 3.63) is 54.1 Å². The number of carbonyl (C=O) groups excluding carboxylic acids is 1. The summed E-state index contributed by atoms with van der Waals surface area (Å²) in [4.78, 5) is 27.4. The van der Waals surface area contributed by atoms with Gasteiger partial charge in [-0.25, -0.2) is 4.79 Å². The Morgan fingerprint density at radius 1 is 1.31 bits per heavy atom. The maximum Gasteiger partial charge on any atom is 0.490 e. The number of halogens is 3. The van der Waals surface area contributed by atoms with Gasteiger partial charge in [-0.2, -0.15) is 13.2 Å². The second kappa shape index (κ2) is 9.70. The number of hydrogen-bond donors (Lipinski definition) is 1. The summed E-state index contributed by atoms with van der Waals surface area (Å²) in [5.74, 6) is -2.69. The van der Waals surface area contributed by atoms with Gasteiger partial charge in [-0.1, -0.05) is 6.07 Å². The quantitative estimate of drug-likeness (QED) is 0.762. The molecule has 2 saturated heterocycles. The van der Waals surface area contributed by atoms with Crippen LogP contribution in [-0.2, 0) is 27.9 Å². The summed E-state index contributed by atoms with van der Waals surface area (Å²) in [6.07, 6.45) is 2.31. The molecule has 2 aliphatic heterocycles. The minimum Gasteiger partial charge on any atom is -0.475 e. The lowest BCUT2D eigenvalue weighted by Crippen LogP contribution is -2.67. The van der Waals surface area contributed by atoms with E-state index in [2.05, 4.69) is 4.98 Å². The lowest BCUT2D eigenvalue weighted by Gasteiger charge is -2.52. The van der Waals surface area contributed by atoms with Crippen molar-refractivity contribution < 1.29 is 37.3 Å². The Morgan fingerprint density at radius 3 is 2.59 bits per heavy atom. The molecule has 1 atom stereocenters. The summed E-state index contributed by atoms with van der Waals surface area (Å²) in [7, 11) is 1.89. The molecule has 0 aliphatic carbocycles. The number of amides is 1. The number of hydrogen-bond acceptors (Lipinski definition) is 5. The minimum absolute atomic E-state index is 0.0696. The van der Waals surface area contributed by atoms with Gasteiger partial charge in [-0.3, -0.25) is 9.78 Å². The molecule has 8 nitrogen and oxygen atoms in total. The average molecular weight is 455 g/mol. The average Bonchev–Trinajstić information content (AvgIpc) is 3.16. The highest BCUT2D eigenvalue weighted by Gasteiger charge is 2.50. The number of alkyl halides is 3. The van der Waals surface area contributed by atoms with Gasteiger partial charge in [0.1, 0.15) is 11.3 Å². The van der Waals surface area contributed by atoms with Gasteiger partial charge in [0.25, 0.3) is 5.91 Å². The third kappa shape index (κ3) is 5.86. The Bertz CT molecular complexity index is 926. The van der Waals surface area contributed by atoms with Gasteiger partial charge in [-0.15, -0.1) is 0 Å². The number of aliphatic carboxylic acids is 1. The molecule has 0 aromatic carbocycles. The standard InChI is InChI=1S/C19H23N3O3.C2HF3O2/c1-21-8-3-5-17(21)18(23)22-13-19(14-22)10-16(6-9-25-19)24-12-15-4-2-7-20-11-15;3-2(4,5)1(6)7/h2-5,7-8,11,16H,6,9-10,12-14H2,1H3;(H,6,7). The predicted octanol–water partition coefficient (Wildman–Crippen LogP) is 2.64. The first-order chi connectivity index (χ1) is 15.1. The molecule has 0 radical (unpaired) electrons. The lowest BCUT2D eigenvalue weighted by atomic mass is 9.84. The van der Waals surface area contributed by atoms with Crippen LogP contribution in [0, 0.1) is 0 Å². The SMILES string of the molecule is Cn1cccc1C(=O)N1CC2(CC(OCc3cccnc3)CCO2)C1.O=C(O)C(F)(F)F. The normalized spacial score (nSPS) is 19.6. The molecule has 174 valence electrons. The van der Waals surface area contributed by atoms with E-state index >= 15 is 0 Å². The molecule has 1 N–H and O–H groups in total. The van der Waals surface area contributed by atoms with E-state index in [4.69, 9.17) is 19.4 Å². The summed E-state index contributed by atoms with van der Waals surface area (Å²) in [5.41, 5.74) is 1.56. The number of carbonyl (C=O) groups is 2. The van der Waals surface area contributed by atoms with Gasteiger partial charge in [0, 0.05) is 38.7 Å². The maximum absolute atomic E-state index is 12.5. The number of ether oxygens (including phenoxy) is 2. The van der Waals surface area contributed by atoms with Crippen LogP contribution in [0.3, 0.4) is 0 Å². The molecular formula is C21H24F3N3O5. The summed E-state index contributed by atoms with van der Waals surface area (Å²) in [6.45, 7) is 2.54. The summed E-state index contributed by atoms with van der Waals surface area (Å²) in [5, 5.41) is 7.12. The Labute approximate surface area is 182 Å². The largest absolute Gasteiger partial charge is 0.490 e. The number of aromatic nitrogens is 2. The molecule has 11 heteroatoms. The van der Waals surface area contributed by atoms with E-state index in [0.29, 0.717) is 26.3 Å². The third-order valence-corrected chi connectivity index (χ3v) is 5.31. The molecular weight excluding hydrogens is 431 g/mol. The van der Waals surface area contributed by atoms with E-state index in [-0.39, 0.29) is 17.6 Å². The summed E-state index contributed by atoms with van der Waals surface area (Å²) < 4.78 is 45.7. The van der Waals surface area contributed by atoms with Crippen LogP contribution in [0.1, 0.15) is 28.9 Å². The van der Waals surface area contributed by atoms with E-state index in [9.17, 15) is 18.0 Å². The number of carboxylic acids is 1. The highest BCUT2D eigenvalue weighted by atomic mass is 19.4.